The molecule has 3 N–H and O–H groups in total. The number of carboxylic acids is 1. The SMILES string of the molecule is CCCCCCCCNC(=O)NCC(=O)O. The van der Waals surface area contributed by atoms with E-state index in [1.807, 2.05) is 0 Å². The van der Waals surface area contributed by atoms with Gasteiger partial charge < -0.3 is 15.7 Å². The van der Waals surface area contributed by atoms with Crippen LogP contribution in [0.5, 0.6) is 0 Å². The predicted octanol–water partition coefficient (Wildman–Crippen LogP) is 1.73. The zero-order valence-electron chi connectivity index (χ0n) is 9.92. The molecule has 5 nitrogen and oxygen atoms in total. The Labute approximate surface area is 96.6 Å². The van der Waals surface area contributed by atoms with Crippen LogP contribution in [0.15, 0.2) is 0 Å². The maximum absolute atomic E-state index is 11.0. The predicted molar refractivity (Wildman–Crippen MR) is 62.4 cm³/mol. The number of hydrogen-bond donors (Lipinski definition) is 3. The van der Waals surface area contributed by atoms with Gasteiger partial charge in [-0.2, -0.15) is 0 Å². The van der Waals surface area contributed by atoms with Crippen molar-refractivity contribution in [2.45, 2.75) is 45.4 Å². The van der Waals surface area contributed by atoms with E-state index >= 15 is 0 Å². The zero-order valence-corrected chi connectivity index (χ0v) is 9.92. The largest absolute Gasteiger partial charge is 0.480 e. The third-order valence-corrected chi connectivity index (χ3v) is 2.22. The summed E-state index contributed by atoms with van der Waals surface area (Å²) in [5, 5.41) is 13.2. The minimum atomic E-state index is -1.03. The molecule has 0 rings (SSSR count). The van der Waals surface area contributed by atoms with Crippen molar-refractivity contribution in [3.63, 3.8) is 0 Å². The Hall–Kier alpha value is -1.26. The van der Waals surface area contributed by atoms with Gasteiger partial charge in [0.1, 0.15) is 6.54 Å². The molecule has 0 aromatic heterocycles. The van der Waals surface area contributed by atoms with Gasteiger partial charge in [0.2, 0.25) is 0 Å². The highest BCUT2D eigenvalue weighted by Crippen LogP contribution is 2.03. The van der Waals surface area contributed by atoms with Crippen LogP contribution in [-0.2, 0) is 4.79 Å². The lowest BCUT2D eigenvalue weighted by atomic mass is 10.1. The number of unbranched alkanes of at least 4 members (excludes halogenated alkanes) is 5. The van der Waals surface area contributed by atoms with Crippen LogP contribution in [0.1, 0.15) is 45.4 Å². The van der Waals surface area contributed by atoms with E-state index in [4.69, 9.17) is 5.11 Å². The zero-order chi connectivity index (χ0) is 12.2. The molecular formula is C11H22N2O3. The summed E-state index contributed by atoms with van der Waals surface area (Å²) in [7, 11) is 0. The van der Waals surface area contributed by atoms with Crippen molar-refractivity contribution in [2.75, 3.05) is 13.1 Å². The third-order valence-electron chi connectivity index (χ3n) is 2.22. The first-order valence-corrected chi connectivity index (χ1v) is 5.90. The van der Waals surface area contributed by atoms with Gasteiger partial charge in [-0.05, 0) is 6.42 Å². The van der Waals surface area contributed by atoms with Gasteiger partial charge in [-0.3, -0.25) is 4.79 Å². The molecule has 2 amide bonds. The van der Waals surface area contributed by atoms with Gasteiger partial charge in [-0.1, -0.05) is 39.0 Å². The van der Waals surface area contributed by atoms with Crippen molar-refractivity contribution in [3.8, 4) is 0 Å². The molecule has 0 aliphatic heterocycles. The fraction of sp³-hybridized carbons (Fsp3) is 0.818. The Kier molecular flexibility index (Phi) is 9.46. The van der Waals surface area contributed by atoms with Crippen LogP contribution >= 0.6 is 0 Å². The van der Waals surface area contributed by atoms with Crippen molar-refractivity contribution < 1.29 is 14.7 Å². The summed E-state index contributed by atoms with van der Waals surface area (Å²) >= 11 is 0. The van der Waals surface area contributed by atoms with Gasteiger partial charge >= 0.3 is 12.0 Å². The minimum absolute atomic E-state index is 0.331. The summed E-state index contributed by atoms with van der Waals surface area (Å²) in [5.41, 5.74) is 0. The van der Waals surface area contributed by atoms with Crippen molar-refractivity contribution >= 4 is 12.0 Å². The first-order valence-electron chi connectivity index (χ1n) is 5.90. The number of nitrogens with one attached hydrogen (secondary N) is 2. The fourth-order valence-electron chi connectivity index (χ4n) is 1.33. The maximum Gasteiger partial charge on any atom is 0.323 e. The van der Waals surface area contributed by atoms with Gasteiger partial charge in [-0.25, -0.2) is 4.79 Å². The molecule has 0 unspecified atom stereocenters. The fourth-order valence-corrected chi connectivity index (χ4v) is 1.33. The van der Waals surface area contributed by atoms with Crippen molar-refractivity contribution in [2.24, 2.45) is 0 Å². The Bertz CT molecular complexity index is 207. The number of rotatable bonds is 9. The summed E-state index contributed by atoms with van der Waals surface area (Å²) < 4.78 is 0. The van der Waals surface area contributed by atoms with Crippen LogP contribution in [0.25, 0.3) is 0 Å². The Morgan fingerprint density at radius 2 is 1.62 bits per heavy atom. The van der Waals surface area contributed by atoms with Gasteiger partial charge in [0.15, 0.2) is 0 Å². The summed E-state index contributed by atoms with van der Waals surface area (Å²) in [5.74, 6) is -1.03. The lowest BCUT2D eigenvalue weighted by Crippen LogP contribution is -2.38. The van der Waals surface area contributed by atoms with Crippen molar-refractivity contribution in [1.29, 1.82) is 0 Å². The maximum atomic E-state index is 11.0. The molecule has 0 fully saturated rings. The Morgan fingerprint density at radius 1 is 1.00 bits per heavy atom. The molecule has 0 heterocycles. The molecule has 0 radical (unpaired) electrons. The first kappa shape index (κ1) is 14.7. The number of carbonyl (C=O) groups is 2. The molecule has 0 aromatic rings. The van der Waals surface area contributed by atoms with Crippen LogP contribution in [0.4, 0.5) is 4.79 Å². The van der Waals surface area contributed by atoms with Crippen LogP contribution in [0.3, 0.4) is 0 Å². The van der Waals surface area contributed by atoms with Gasteiger partial charge in [0.25, 0.3) is 0 Å². The molecule has 0 aliphatic carbocycles. The molecule has 0 saturated carbocycles. The summed E-state index contributed by atoms with van der Waals surface area (Å²) in [6, 6.07) is -0.407. The molecule has 0 saturated heterocycles. The lowest BCUT2D eigenvalue weighted by molar-refractivity contribution is -0.135. The lowest BCUT2D eigenvalue weighted by Gasteiger charge is -2.05. The second kappa shape index (κ2) is 10.3. The van der Waals surface area contributed by atoms with E-state index in [9.17, 15) is 9.59 Å². The van der Waals surface area contributed by atoms with E-state index in [0.29, 0.717) is 6.54 Å². The van der Waals surface area contributed by atoms with E-state index in [1.165, 1.54) is 25.7 Å². The average Bonchev–Trinajstić information content (AvgIpc) is 2.25. The smallest absolute Gasteiger partial charge is 0.323 e. The number of hydrogen-bond acceptors (Lipinski definition) is 2. The highest BCUT2D eigenvalue weighted by molar-refractivity contribution is 5.79. The highest BCUT2D eigenvalue weighted by Gasteiger charge is 2.01. The number of carboxylic acid groups (broad SMARTS) is 1. The summed E-state index contributed by atoms with van der Waals surface area (Å²) in [4.78, 5) is 21.1. The Morgan fingerprint density at radius 3 is 2.25 bits per heavy atom. The summed E-state index contributed by atoms with van der Waals surface area (Å²) in [6.07, 6.45) is 7.01. The molecule has 5 heteroatoms. The molecular weight excluding hydrogens is 208 g/mol. The Balaban J connectivity index is 3.18. The molecule has 94 valence electrons. The van der Waals surface area contributed by atoms with E-state index in [2.05, 4.69) is 17.6 Å². The van der Waals surface area contributed by atoms with Crippen molar-refractivity contribution in [1.82, 2.24) is 10.6 Å². The third kappa shape index (κ3) is 10.8. The molecule has 0 aromatic carbocycles. The number of urea groups is 1. The van der Waals surface area contributed by atoms with Gasteiger partial charge in [-0.15, -0.1) is 0 Å². The molecule has 16 heavy (non-hydrogen) atoms. The van der Waals surface area contributed by atoms with E-state index < -0.39 is 12.0 Å². The minimum Gasteiger partial charge on any atom is -0.480 e. The number of carbonyl (C=O) groups excluding carboxylic acids is 1. The molecule has 0 spiro atoms. The quantitative estimate of drug-likeness (QED) is 0.528. The standard InChI is InChI=1S/C11H22N2O3/c1-2-3-4-5-6-7-8-12-11(16)13-9-10(14)15/h2-9H2,1H3,(H,14,15)(H2,12,13,16). The van der Waals surface area contributed by atoms with Crippen LogP contribution in [0.2, 0.25) is 0 Å². The van der Waals surface area contributed by atoms with E-state index in [1.54, 1.807) is 0 Å². The average molecular weight is 230 g/mol. The summed E-state index contributed by atoms with van der Waals surface area (Å²) in [6.45, 7) is 2.45. The molecule has 0 bridgehead atoms. The van der Waals surface area contributed by atoms with E-state index in [-0.39, 0.29) is 6.54 Å². The van der Waals surface area contributed by atoms with Crippen LogP contribution in [0, 0.1) is 0 Å². The van der Waals surface area contributed by atoms with E-state index in [0.717, 1.165) is 12.8 Å². The number of aliphatic carboxylic acids is 1. The first-order chi connectivity index (χ1) is 7.66. The number of amides is 2. The van der Waals surface area contributed by atoms with Crippen LogP contribution in [-0.4, -0.2) is 30.2 Å². The molecule has 0 aliphatic rings. The molecule has 0 atom stereocenters. The normalized spacial score (nSPS) is 9.81. The van der Waals surface area contributed by atoms with Gasteiger partial charge in [0, 0.05) is 6.54 Å². The van der Waals surface area contributed by atoms with Gasteiger partial charge in [0.05, 0.1) is 0 Å². The topological polar surface area (TPSA) is 78.4 Å². The van der Waals surface area contributed by atoms with Crippen molar-refractivity contribution in [3.05, 3.63) is 0 Å². The second-order valence-electron chi connectivity index (χ2n) is 3.77. The highest BCUT2D eigenvalue weighted by atomic mass is 16.4. The monoisotopic (exact) mass is 230 g/mol. The second-order valence-corrected chi connectivity index (χ2v) is 3.77. The van der Waals surface area contributed by atoms with Crippen LogP contribution < -0.4 is 10.6 Å².